The third kappa shape index (κ3) is 12.3. The fourth-order valence-electron chi connectivity index (χ4n) is 2.17. The number of allylic oxidation sites excluding steroid dienone is 2. The van der Waals surface area contributed by atoms with Crippen LogP contribution in [0.3, 0.4) is 0 Å². The van der Waals surface area contributed by atoms with E-state index >= 15 is 0 Å². The average molecular weight is 301 g/mol. The van der Waals surface area contributed by atoms with Gasteiger partial charge in [0.25, 0.3) is 0 Å². The Balaban J connectivity index is 0.00000361. The zero-order valence-electron chi connectivity index (χ0n) is 13.4. The first-order valence-corrected chi connectivity index (χ1v) is 7.95. The van der Waals surface area contributed by atoms with Crippen molar-refractivity contribution in [2.75, 3.05) is 0 Å². The number of unbranched alkanes of at least 4 members (excludes halogenated alkanes) is 8. The van der Waals surface area contributed by atoms with Gasteiger partial charge < -0.3 is 4.42 Å². The molecule has 108 valence electrons. The van der Waals surface area contributed by atoms with Gasteiger partial charge in [-0.05, 0) is 25.0 Å². The zero-order valence-corrected chi connectivity index (χ0v) is 16.6. The van der Waals surface area contributed by atoms with Crippen molar-refractivity contribution < 1.29 is 55.8 Å². The van der Waals surface area contributed by atoms with Crippen LogP contribution in [0.25, 0.3) is 0 Å². The van der Waals surface area contributed by atoms with Crippen molar-refractivity contribution in [3.63, 3.8) is 0 Å². The maximum Gasteiger partial charge on any atom is 1.00 e. The van der Waals surface area contributed by atoms with Crippen LogP contribution in [0, 0.1) is 6.42 Å². The Labute approximate surface area is 168 Å². The number of rotatable bonds is 12. The summed E-state index contributed by atoms with van der Waals surface area (Å²) >= 11 is 0. The molecule has 0 aliphatic carbocycles. The maximum atomic E-state index is 5.26. The molecule has 0 saturated heterocycles. The molecule has 1 aromatic heterocycles. The Morgan fingerprint density at radius 3 is 2.40 bits per heavy atom. The Bertz CT molecular complexity index is 303. The second kappa shape index (κ2) is 15.9. The molecule has 0 aliphatic rings. The van der Waals surface area contributed by atoms with E-state index in [-0.39, 0.29) is 51.4 Å². The predicted octanol–water partition coefficient (Wildman–Crippen LogP) is 3.31. The third-order valence-corrected chi connectivity index (χ3v) is 3.35. The molecule has 0 radical (unpaired) electrons. The van der Waals surface area contributed by atoms with Gasteiger partial charge in [-0.1, -0.05) is 64.0 Å². The van der Waals surface area contributed by atoms with Crippen molar-refractivity contribution in [3.05, 3.63) is 42.7 Å². The first kappa shape index (κ1) is 20.5. The second-order valence-electron chi connectivity index (χ2n) is 5.18. The number of hydrogen-bond donors (Lipinski definition) is 0. The minimum absolute atomic E-state index is 0. The van der Waals surface area contributed by atoms with Gasteiger partial charge in [-0.25, -0.2) is 0 Å². The topological polar surface area (TPSA) is 13.1 Å². The van der Waals surface area contributed by atoms with E-state index in [2.05, 4.69) is 25.5 Å². The Hall–Kier alpha value is 0.526. The molecule has 0 saturated carbocycles. The van der Waals surface area contributed by atoms with Crippen LogP contribution in [0.4, 0.5) is 0 Å². The molecular formula is C18H29KO. The van der Waals surface area contributed by atoms with Crippen LogP contribution in [-0.2, 0) is 0 Å². The molecule has 0 unspecified atom stereocenters. The van der Waals surface area contributed by atoms with E-state index in [1.165, 1.54) is 57.8 Å². The van der Waals surface area contributed by atoms with Crippen LogP contribution >= 0.6 is 0 Å². The summed E-state index contributed by atoms with van der Waals surface area (Å²) in [6, 6.07) is 3.95. The van der Waals surface area contributed by atoms with Gasteiger partial charge in [-0.3, -0.25) is 0 Å². The summed E-state index contributed by atoms with van der Waals surface area (Å²) in [5.41, 5.74) is 0. The maximum absolute atomic E-state index is 5.26. The van der Waals surface area contributed by atoms with Crippen LogP contribution < -0.4 is 51.4 Å². The van der Waals surface area contributed by atoms with Gasteiger partial charge in [0.15, 0.2) is 0 Å². The van der Waals surface area contributed by atoms with Crippen LogP contribution in [0.1, 0.15) is 76.9 Å². The predicted molar refractivity (Wildman–Crippen MR) is 83.1 cm³/mol. The van der Waals surface area contributed by atoms with Crippen LogP contribution in [0.2, 0.25) is 0 Å². The van der Waals surface area contributed by atoms with Crippen molar-refractivity contribution in [2.24, 2.45) is 0 Å². The molecular weight excluding hydrogens is 271 g/mol. The van der Waals surface area contributed by atoms with Crippen LogP contribution in [0.5, 0.6) is 0 Å². The summed E-state index contributed by atoms with van der Waals surface area (Å²) in [4.78, 5) is 0. The number of furan rings is 1. The fourth-order valence-corrected chi connectivity index (χ4v) is 2.17. The fraction of sp³-hybridized carbons (Fsp3) is 0.611. The molecule has 0 spiro atoms. The van der Waals surface area contributed by atoms with Crippen LogP contribution in [0.15, 0.2) is 35.0 Å². The third-order valence-electron chi connectivity index (χ3n) is 3.35. The van der Waals surface area contributed by atoms with Gasteiger partial charge in [0.05, 0.1) is 6.26 Å². The van der Waals surface area contributed by atoms with Gasteiger partial charge in [-0.15, -0.1) is 6.07 Å². The molecule has 20 heavy (non-hydrogen) atoms. The van der Waals surface area contributed by atoms with E-state index in [4.69, 9.17) is 4.42 Å². The van der Waals surface area contributed by atoms with Gasteiger partial charge in [0.2, 0.25) is 0 Å². The molecule has 0 fully saturated rings. The second-order valence-corrected chi connectivity index (χ2v) is 5.18. The van der Waals surface area contributed by atoms with Crippen molar-refractivity contribution in [2.45, 2.75) is 71.1 Å². The molecule has 1 heterocycles. The van der Waals surface area contributed by atoms with Crippen molar-refractivity contribution in [1.82, 2.24) is 0 Å². The van der Waals surface area contributed by atoms with Gasteiger partial charge in [0.1, 0.15) is 0 Å². The molecule has 0 aliphatic heterocycles. The summed E-state index contributed by atoms with van der Waals surface area (Å²) in [7, 11) is 0. The summed E-state index contributed by atoms with van der Waals surface area (Å²) in [6.45, 7) is 2.27. The van der Waals surface area contributed by atoms with E-state index in [0.29, 0.717) is 0 Å². The first-order chi connectivity index (χ1) is 9.43. The molecule has 2 heteroatoms. The van der Waals surface area contributed by atoms with E-state index in [1.54, 1.807) is 6.26 Å². The molecule has 0 amide bonds. The minimum atomic E-state index is 0. The Kier molecular flexibility index (Phi) is 16.3. The monoisotopic (exact) mass is 300 g/mol. The molecule has 0 aromatic carbocycles. The summed E-state index contributed by atoms with van der Waals surface area (Å²) < 4.78 is 5.26. The van der Waals surface area contributed by atoms with E-state index < -0.39 is 0 Å². The molecule has 1 aromatic rings. The van der Waals surface area contributed by atoms with Crippen LogP contribution in [-0.4, -0.2) is 0 Å². The molecule has 1 rings (SSSR count). The Morgan fingerprint density at radius 2 is 1.70 bits per heavy atom. The van der Waals surface area contributed by atoms with E-state index in [9.17, 15) is 0 Å². The number of hydrogen-bond acceptors (Lipinski definition) is 1. The summed E-state index contributed by atoms with van der Waals surface area (Å²) in [6.07, 6.45) is 21.7. The van der Waals surface area contributed by atoms with Crippen molar-refractivity contribution in [3.8, 4) is 0 Å². The molecule has 0 N–H and O–H groups in total. The largest absolute Gasteiger partial charge is 1.00 e. The molecule has 0 atom stereocenters. The first-order valence-electron chi connectivity index (χ1n) is 7.95. The van der Waals surface area contributed by atoms with Gasteiger partial charge >= 0.3 is 51.4 Å². The SMILES string of the molecule is CCCCCCCC/C=C/CCC[CH-]c1ccco1.[K+]. The van der Waals surface area contributed by atoms with Gasteiger partial charge in [-0.2, -0.15) is 12.5 Å². The average Bonchev–Trinajstić information content (AvgIpc) is 2.93. The van der Waals surface area contributed by atoms with Crippen molar-refractivity contribution >= 4 is 0 Å². The molecule has 1 nitrogen and oxygen atoms in total. The molecule has 0 bridgehead atoms. The van der Waals surface area contributed by atoms with Gasteiger partial charge in [0, 0.05) is 0 Å². The summed E-state index contributed by atoms with van der Waals surface area (Å²) in [5, 5.41) is 0. The quantitative estimate of drug-likeness (QED) is 0.250. The van der Waals surface area contributed by atoms with E-state index in [1.807, 2.05) is 12.1 Å². The van der Waals surface area contributed by atoms with E-state index in [0.717, 1.165) is 12.2 Å². The summed E-state index contributed by atoms with van der Waals surface area (Å²) in [5.74, 6) is 0.996. The standard InChI is InChI=1S/C18H29O.K/c1-2-3-4-5-6-7-8-9-10-11-12-13-15-18-16-14-17-19-18;/h9-10,14-17H,2-8,11-13H2,1H3;/q-1;+1/b10-9+;. The zero-order chi connectivity index (χ0) is 13.6. The Morgan fingerprint density at radius 1 is 1.00 bits per heavy atom. The smallest absolute Gasteiger partial charge is 0.504 e. The van der Waals surface area contributed by atoms with Crippen molar-refractivity contribution in [1.29, 1.82) is 0 Å². The minimum Gasteiger partial charge on any atom is -0.504 e. The normalized spacial score (nSPS) is 10.7.